The van der Waals surface area contributed by atoms with E-state index in [1.54, 1.807) is 0 Å². The van der Waals surface area contributed by atoms with Crippen molar-refractivity contribution in [3.8, 4) is 0 Å². The van der Waals surface area contributed by atoms with E-state index in [9.17, 15) is 0 Å². The van der Waals surface area contributed by atoms with Crippen LogP contribution in [0, 0.1) is 0 Å². The van der Waals surface area contributed by atoms with Crippen LogP contribution in [0.25, 0.3) is 0 Å². The van der Waals surface area contributed by atoms with E-state index in [0.29, 0.717) is 0 Å². The van der Waals surface area contributed by atoms with Gasteiger partial charge in [0.15, 0.2) is 0 Å². The Hall–Kier alpha value is 0.532. The fourth-order valence-electron chi connectivity index (χ4n) is 0. The molecule has 0 bridgehead atoms. The topological polar surface area (TPSA) is 0 Å². The van der Waals surface area contributed by atoms with Crippen molar-refractivity contribution in [2.24, 2.45) is 0 Å². The summed E-state index contributed by atoms with van der Waals surface area (Å²) in [5.41, 5.74) is 0. The standard InChI is InChI=1S/6CH3.Cr/h6*1H3;. The average Bonchev–Trinajstić information content (AvgIpc) is 0.592. The van der Waals surface area contributed by atoms with Crippen molar-refractivity contribution in [3.05, 3.63) is 0 Å². The zero-order valence-electron chi connectivity index (χ0n) is 6.41. The van der Waals surface area contributed by atoms with Crippen LogP contribution in [0.15, 0.2) is 0 Å². The molecule has 0 aliphatic heterocycles. The minimum absolute atomic E-state index is 1.96. The molecule has 0 aromatic carbocycles. The second kappa shape index (κ2) is 0.829. The van der Waals surface area contributed by atoms with Crippen molar-refractivity contribution >= 4 is 0 Å². The van der Waals surface area contributed by atoms with Gasteiger partial charge < -0.3 is 0 Å². The molecule has 0 aromatic heterocycles. The van der Waals surface area contributed by atoms with Crippen molar-refractivity contribution in [2.75, 3.05) is 0 Å². The Labute approximate surface area is 46.2 Å². The van der Waals surface area contributed by atoms with E-state index in [4.69, 9.17) is 0 Å². The molecule has 1 heteroatoms. The second-order valence-electron chi connectivity index (χ2n) is 6.12. The summed E-state index contributed by atoms with van der Waals surface area (Å²) in [6.07, 6.45) is 0. The third-order valence-electron chi connectivity index (χ3n) is 0. The van der Waals surface area contributed by atoms with Gasteiger partial charge in [0.25, 0.3) is 0 Å². The molecule has 0 fully saturated rings. The van der Waals surface area contributed by atoms with Gasteiger partial charge >= 0.3 is 45.7 Å². The normalized spacial score (nSPS) is 23.1. The molecule has 0 N–H and O–H groups in total. The van der Waals surface area contributed by atoms with E-state index in [2.05, 4.69) is 34.7 Å². The summed E-state index contributed by atoms with van der Waals surface area (Å²) in [6, 6.07) is 0. The van der Waals surface area contributed by atoms with E-state index in [1.807, 2.05) is 0 Å². The summed E-state index contributed by atoms with van der Waals surface area (Å²) in [7, 11) is -1.96. The van der Waals surface area contributed by atoms with Crippen molar-refractivity contribution in [2.45, 2.75) is 34.7 Å². The molecule has 0 aliphatic rings. The van der Waals surface area contributed by atoms with Crippen LogP contribution in [-0.2, 0) is 10.9 Å². The Bertz CT molecular complexity index is 62.7. The average molecular weight is 142 g/mol. The summed E-state index contributed by atoms with van der Waals surface area (Å²) < 4.78 is 0. The van der Waals surface area contributed by atoms with Gasteiger partial charge in [-0.2, -0.15) is 0 Å². The molecule has 0 rings (SSSR count). The molecule has 7 heavy (non-hydrogen) atoms. The van der Waals surface area contributed by atoms with E-state index in [0.717, 1.165) is 0 Å². The van der Waals surface area contributed by atoms with E-state index < -0.39 is 10.9 Å². The third-order valence-corrected chi connectivity index (χ3v) is 0. The fraction of sp³-hybridized carbons (Fsp3) is 1.00. The Morgan fingerprint density at radius 1 is 0.571 bits per heavy atom. The first-order valence-electron chi connectivity index (χ1n) is 2.45. The Morgan fingerprint density at radius 2 is 0.571 bits per heavy atom. The Balaban J connectivity index is 4.43. The summed E-state index contributed by atoms with van der Waals surface area (Å²) >= 11 is 0. The van der Waals surface area contributed by atoms with E-state index in [1.165, 1.54) is 0 Å². The molecule has 0 aromatic rings. The molecular weight excluding hydrogens is 124 g/mol. The molecule has 0 heterocycles. The summed E-state index contributed by atoms with van der Waals surface area (Å²) in [6.45, 7) is 0. The van der Waals surface area contributed by atoms with Crippen molar-refractivity contribution in [3.63, 3.8) is 0 Å². The van der Waals surface area contributed by atoms with Gasteiger partial charge in [0.2, 0.25) is 0 Å². The van der Waals surface area contributed by atoms with Gasteiger partial charge in [-0.25, -0.2) is 0 Å². The van der Waals surface area contributed by atoms with Gasteiger partial charge in [0.1, 0.15) is 0 Å². The van der Waals surface area contributed by atoms with Crippen LogP contribution in [0.2, 0.25) is 34.7 Å². The molecular formula is C6H18Cr. The Kier molecular flexibility index (Phi) is 0.892. The first-order chi connectivity index (χ1) is 2.45. The molecule has 0 atom stereocenters. The quantitative estimate of drug-likeness (QED) is 0.485. The molecule has 0 saturated heterocycles. The van der Waals surface area contributed by atoms with E-state index >= 15 is 0 Å². The van der Waals surface area contributed by atoms with Crippen LogP contribution in [0.3, 0.4) is 0 Å². The zero-order valence-corrected chi connectivity index (χ0v) is 7.68. The van der Waals surface area contributed by atoms with Gasteiger partial charge in [0.05, 0.1) is 0 Å². The predicted molar refractivity (Wildman–Crippen MR) is 35.2 cm³/mol. The maximum atomic E-state index is 2.40. The van der Waals surface area contributed by atoms with Crippen molar-refractivity contribution in [1.29, 1.82) is 0 Å². The first-order valence-corrected chi connectivity index (χ1v) is 10.1. The summed E-state index contributed by atoms with van der Waals surface area (Å²) in [5, 5.41) is 0. The summed E-state index contributed by atoms with van der Waals surface area (Å²) in [5.74, 6) is 14.4. The van der Waals surface area contributed by atoms with Crippen LogP contribution in [0.1, 0.15) is 0 Å². The molecule has 48 valence electrons. The van der Waals surface area contributed by atoms with Gasteiger partial charge in [-0.15, -0.1) is 0 Å². The molecule has 0 unspecified atom stereocenters. The molecule has 0 amide bonds. The van der Waals surface area contributed by atoms with Gasteiger partial charge in [-0.1, -0.05) is 0 Å². The maximum absolute atomic E-state index is 2.40. The predicted octanol–water partition coefficient (Wildman–Crippen LogP) is 3.50. The molecule has 0 nitrogen and oxygen atoms in total. The number of hydrogen-bond acceptors (Lipinski definition) is 0. The number of hydrogen-bond donors (Lipinski definition) is 0. The van der Waals surface area contributed by atoms with Gasteiger partial charge in [-0.05, 0) is 0 Å². The van der Waals surface area contributed by atoms with Crippen LogP contribution < -0.4 is 0 Å². The Morgan fingerprint density at radius 3 is 0.571 bits per heavy atom. The van der Waals surface area contributed by atoms with Gasteiger partial charge in [0, 0.05) is 0 Å². The van der Waals surface area contributed by atoms with Crippen molar-refractivity contribution in [1.82, 2.24) is 0 Å². The van der Waals surface area contributed by atoms with Crippen LogP contribution in [0.4, 0.5) is 0 Å². The van der Waals surface area contributed by atoms with Crippen molar-refractivity contribution < 1.29 is 10.9 Å². The molecule has 0 saturated carbocycles. The summed E-state index contributed by atoms with van der Waals surface area (Å²) in [4.78, 5) is 0. The second-order valence-corrected chi connectivity index (χ2v) is 25.2. The van der Waals surface area contributed by atoms with Gasteiger partial charge in [-0.3, -0.25) is 0 Å². The number of rotatable bonds is 0. The SMILES string of the molecule is [CH3][Cr]([CH3])([CH3])([CH3])([CH3])[CH3]. The van der Waals surface area contributed by atoms with E-state index in [-0.39, 0.29) is 0 Å². The molecule has 0 spiro atoms. The minimum atomic E-state index is -1.96. The first kappa shape index (κ1) is 7.53. The molecule has 0 radical (unpaired) electrons. The molecule has 0 aliphatic carbocycles. The van der Waals surface area contributed by atoms with Crippen LogP contribution in [-0.4, -0.2) is 0 Å². The fourth-order valence-corrected chi connectivity index (χ4v) is 0. The van der Waals surface area contributed by atoms with Crippen LogP contribution >= 0.6 is 0 Å². The van der Waals surface area contributed by atoms with Crippen LogP contribution in [0.5, 0.6) is 0 Å². The zero-order chi connectivity index (χ0) is 6.41. The third kappa shape index (κ3) is 473. The monoisotopic (exact) mass is 142 g/mol.